The van der Waals surface area contributed by atoms with Gasteiger partial charge in [0.25, 0.3) is 5.91 Å². The number of hydrogen-bond donors (Lipinski definition) is 3. The molecule has 3 aromatic heterocycles. The molecule has 0 aliphatic heterocycles. The molecule has 0 radical (unpaired) electrons. The van der Waals surface area contributed by atoms with E-state index in [4.69, 9.17) is 0 Å². The molecule has 182 valence electrons. The highest BCUT2D eigenvalue weighted by Gasteiger charge is 2.21. The third-order valence-electron chi connectivity index (χ3n) is 6.32. The van der Waals surface area contributed by atoms with Gasteiger partial charge in [0.2, 0.25) is 0 Å². The minimum absolute atomic E-state index is 0.176. The minimum atomic E-state index is -1.04. The Morgan fingerprint density at radius 1 is 1.03 bits per heavy atom. The lowest BCUT2D eigenvalue weighted by Gasteiger charge is -2.21. The highest BCUT2D eigenvalue weighted by molar-refractivity contribution is 5.94. The molecule has 3 N–H and O–H groups in total. The third-order valence-corrected chi connectivity index (χ3v) is 6.32. The van der Waals surface area contributed by atoms with Crippen molar-refractivity contribution in [2.45, 2.75) is 46.3 Å². The topological polar surface area (TPSA) is 104 Å². The summed E-state index contributed by atoms with van der Waals surface area (Å²) < 4.78 is 0. The lowest BCUT2D eigenvalue weighted by atomic mass is 9.91. The molecule has 0 saturated carbocycles. The number of fused-ring (bicyclic) bond motifs is 2. The number of aryl methyl sites for hydroxylation is 2. The first-order valence-electron chi connectivity index (χ1n) is 12.0. The second-order valence-corrected chi connectivity index (χ2v) is 9.90. The van der Waals surface area contributed by atoms with Gasteiger partial charge in [-0.25, -0.2) is 0 Å². The van der Waals surface area contributed by atoms with Crippen LogP contribution in [0.3, 0.4) is 0 Å². The summed E-state index contributed by atoms with van der Waals surface area (Å²) in [4.78, 5) is 22.0. The van der Waals surface area contributed by atoms with E-state index < -0.39 is 5.60 Å². The third kappa shape index (κ3) is 4.83. The van der Waals surface area contributed by atoms with Crippen molar-refractivity contribution in [1.82, 2.24) is 25.5 Å². The fourth-order valence-electron chi connectivity index (χ4n) is 4.50. The monoisotopic (exact) mass is 479 g/mol. The van der Waals surface area contributed by atoms with Crippen molar-refractivity contribution in [1.29, 1.82) is 0 Å². The van der Waals surface area contributed by atoms with Gasteiger partial charge in [-0.15, -0.1) is 0 Å². The zero-order chi connectivity index (χ0) is 25.4. The SMILES string of the molecule is Cc1cnc2c(C(C)(C)O)cc(Cc3cc(C(=O)NCc4[nH]nc5ccc(C)cc45)ccn3)cc2c1. The number of amides is 1. The van der Waals surface area contributed by atoms with Crippen LogP contribution in [-0.4, -0.2) is 31.2 Å². The number of aliphatic hydroxyl groups is 1. The first kappa shape index (κ1) is 23.6. The molecule has 0 aliphatic rings. The molecule has 0 fully saturated rings. The van der Waals surface area contributed by atoms with Crippen molar-refractivity contribution in [2.75, 3.05) is 0 Å². The normalized spacial score (nSPS) is 11.8. The van der Waals surface area contributed by atoms with Gasteiger partial charge < -0.3 is 10.4 Å². The van der Waals surface area contributed by atoms with Crippen LogP contribution in [0.2, 0.25) is 0 Å². The molecule has 0 saturated heterocycles. The lowest BCUT2D eigenvalue weighted by Crippen LogP contribution is -2.23. The molecule has 0 aliphatic carbocycles. The molecule has 0 atom stereocenters. The quantitative estimate of drug-likeness (QED) is 0.322. The molecule has 0 bridgehead atoms. The van der Waals surface area contributed by atoms with Gasteiger partial charge >= 0.3 is 0 Å². The van der Waals surface area contributed by atoms with Gasteiger partial charge in [-0.1, -0.05) is 17.7 Å². The average Bonchev–Trinajstić information content (AvgIpc) is 3.23. The van der Waals surface area contributed by atoms with Crippen molar-refractivity contribution in [2.24, 2.45) is 0 Å². The Labute approximate surface area is 209 Å². The molecule has 7 heteroatoms. The van der Waals surface area contributed by atoms with E-state index in [0.717, 1.165) is 55.4 Å². The van der Waals surface area contributed by atoms with Gasteiger partial charge in [0.1, 0.15) is 0 Å². The summed E-state index contributed by atoms with van der Waals surface area (Å²) >= 11 is 0. The van der Waals surface area contributed by atoms with Crippen LogP contribution in [0.4, 0.5) is 0 Å². The summed E-state index contributed by atoms with van der Waals surface area (Å²) in [6.45, 7) is 7.91. The maximum Gasteiger partial charge on any atom is 0.251 e. The molecule has 7 nitrogen and oxygen atoms in total. The maximum atomic E-state index is 12.9. The summed E-state index contributed by atoms with van der Waals surface area (Å²) in [5.41, 5.74) is 6.77. The van der Waals surface area contributed by atoms with Gasteiger partial charge in [-0.05, 0) is 75.2 Å². The number of rotatable bonds is 6. The lowest BCUT2D eigenvalue weighted by molar-refractivity contribution is 0.0799. The van der Waals surface area contributed by atoms with Crippen molar-refractivity contribution < 1.29 is 9.90 Å². The Hall–Kier alpha value is -4.10. The number of carbonyl (C=O) groups excluding carboxylic acids is 1. The van der Waals surface area contributed by atoms with Crippen LogP contribution in [0.15, 0.2) is 60.9 Å². The molecule has 5 aromatic rings. The molecule has 36 heavy (non-hydrogen) atoms. The fourth-order valence-corrected chi connectivity index (χ4v) is 4.50. The Kier molecular flexibility index (Phi) is 6.02. The first-order chi connectivity index (χ1) is 17.2. The van der Waals surface area contributed by atoms with Crippen molar-refractivity contribution in [3.8, 4) is 0 Å². The standard InChI is InChI=1S/C29H29N5O2/c1-17-5-6-25-23(10-17)26(34-33-25)16-32-28(35)20-7-8-30-22(14-20)12-19-11-21-9-18(2)15-31-27(21)24(13-19)29(3,4)36/h5-11,13-15,36H,12,16H2,1-4H3,(H,32,35)(H,33,34). The molecule has 2 aromatic carbocycles. The van der Waals surface area contributed by atoms with E-state index in [-0.39, 0.29) is 5.91 Å². The van der Waals surface area contributed by atoms with Crippen LogP contribution < -0.4 is 5.32 Å². The van der Waals surface area contributed by atoms with Crippen LogP contribution in [0.1, 0.15) is 57.8 Å². The van der Waals surface area contributed by atoms with Crippen LogP contribution >= 0.6 is 0 Å². The van der Waals surface area contributed by atoms with Gasteiger partial charge in [0.15, 0.2) is 0 Å². The molecule has 0 unspecified atom stereocenters. The summed E-state index contributed by atoms with van der Waals surface area (Å²) in [5.74, 6) is -0.176. The van der Waals surface area contributed by atoms with E-state index in [0.29, 0.717) is 18.5 Å². The van der Waals surface area contributed by atoms with Gasteiger partial charge in [0, 0.05) is 46.4 Å². The van der Waals surface area contributed by atoms with Crippen molar-refractivity contribution in [3.05, 3.63) is 100 Å². The Morgan fingerprint density at radius 2 is 1.86 bits per heavy atom. The number of carbonyl (C=O) groups is 1. The summed E-state index contributed by atoms with van der Waals surface area (Å²) in [5, 5.41) is 23.1. The van der Waals surface area contributed by atoms with E-state index in [1.807, 2.05) is 44.3 Å². The summed E-state index contributed by atoms with van der Waals surface area (Å²) in [6.07, 6.45) is 4.00. The second kappa shape index (κ2) is 9.17. The Balaban J connectivity index is 1.37. The molecule has 1 amide bonds. The molecule has 3 heterocycles. The van der Waals surface area contributed by atoms with E-state index in [2.05, 4.69) is 43.7 Å². The average molecular weight is 480 g/mol. The van der Waals surface area contributed by atoms with E-state index in [9.17, 15) is 9.90 Å². The van der Waals surface area contributed by atoms with Gasteiger partial charge in [-0.2, -0.15) is 5.10 Å². The molecular weight excluding hydrogens is 450 g/mol. The van der Waals surface area contributed by atoms with Crippen LogP contribution in [0, 0.1) is 13.8 Å². The molecule has 0 spiro atoms. The Morgan fingerprint density at radius 3 is 2.67 bits per heavy atom. The van der Waals surface area contributed by atoms with Crippen molar-refractivity contribution >= 4 is 27.7 Å². The number of nitrogens with one attached hydrogen (secondary N) is 2. The predicted octanol–water partition coefficient (Wildman–Crippen LogP) is 4.87. The predicted molar refractivity (Wildman–Crippen MR) is 141 cm³/mol. The minimum Gasteiger partial charge on any atom is -0.386 e. The largest absolute Gasteiger partial charge is 0.386 e. The zero-order valence-electron chi connectivity index (χ0n) is 20.9. The van der Waals surface area contributed by atoms with Gasteiger partial charge in [0.05, 0.1) is 28.9 Å². The highest BCUT2D eigenvalue weighted by Crippen LogP contribution is 2.30. The number of hydrogen-bond acceptors (Lipinski definition) is 5. The Bertz CT molecular complexity index is 1600. The molecular formula is C29H29N5O2. The first-order valence-corrected chi connectivity index (χ1v) is 12.0. The van der Waals surface area contributed by atoms with Crippen LogP contribution in [0.25, 0.3) is 21.8 Å². The fraction of sp³-hybridized carbons (Fsp3) is 0.241. The maximum absolute atomic E-state index is 12.9. The number of H-pyrrole nitrogens is 1. The van der Waals surface area contributed by atoms with E-state index in [1.54, 1.807) is 26.1 Å². The number of pyridine rings is 2. The highest BCUT2D eigenvalue weighted by atomic mass is 16.3. The molecule has 5 rings (SSSR count). The van der Waals surface area contributed by atoms with Crippen molar-refractivity contribution in [3.63, 3.8) is 0 Å². The van der Waals surface area contributed by atoms with E-state index in [1.165, 1.54) is 0 Å². The van der Waals surface area contributed by atoms with Gasteiger partial charge in [-0.3, -0.25) is 19.9 Å². The number of nitrogens with zero attached hydrogens (tertiary/aromatic N) is 3. The smallest absolute Gasteiger partial charge is 0.251 e. The van der Waals surface area contributed by atoms with Crippen LogP contribution in [-0.2, 0) is 18.6 Å². The van der Waals surface area contributed by atoms with Crippen LogP contribution in [0.5, 0.6) is 0 Å². The summed E-state index contributed by atoms with van der Waals surface area (Å²) in [6, 6.07) is 15.7. The number of aromatic amines is 1. The zero-order valence-corrected chi connectivity index (χ0v) is 20.9. The summed E-state index contributed by atoms with van der Waals surface area (Å²) in [7, 11) is 0. The van der Waals surface area contributed by atoms with E-state index >= 15 is 0 Å². The second-order valence-electron chi connectivity index (χ2n) is 9.90. The number of aromatic nitrogens is 4. The number of benzene rings is 2.